The van der Waals surface area contributed by atoms with E-state index in [1.807, 2.05) is 13.1 Å². The number of anilines is 1. The van der Waals surface area contributed by atoms with E-state index in [2.05, 4.69) is 15.4 Å². The highest BCUT2D eigenvalue weighted by Gasteiger charge is 2.01. The molecule has 3 N–H and O–H groups in total. The van der Waals surface area contributed by atoms with Gasteiger partial charge < -0.3 is 11.1 Å². The van der Waals surface area contributed by atoms with Gasteiger partial charge in [-0.3, -0.25) is 0 Å². The van der Waals surface area contributed by atoms with Crippen molar-refractivity contribution >= 4 is 11.3 Å². The molecule has 5 nitrogen and oxygen atoms in total. The summed E-state index contributed by atoms with van der Waals surface area (Å²) >= 11 is 0. The van der Waals surface area contributed by atoms with E-state index < -0.39 is 0 Å². The maximum atomic E-state index is 5.60. The zero-order valence-electron chi connectivity index (χ0n) is 8.07. The number of likely N-dealkylation sites (N-methyl/N-ethyl adjacent to an activating group) is 1. The summed E-state index contributed by atoms with van der Waals surface area (Å²) in [5.41, 5.74) is 8.09. The van der Waals surface area contributed by atoms with Gasteiger partial charge in [0, 0.05) is 19.0 Å². The number of nitrogens with zero attached hydrogens (tertiary/aromatic N) is 3. The number of nitrogen functional groups attached to an aromatic ring is 1. The number of hydrogen-bond donors (Lipinski definition) is 2. The van der Waals surface area contributed by atoms with Crippen LogP contribution in [0.15, 0.2) is 18.5 Å². The summed E-state index contributed by atoms with van der Waals surface area (Å²) in [5.74, 6) is 0. The van der Waals surface area contributed by atoms with Crippen molar-refractivity contribution in [2.75, 3.05) is 19.3 Å². The molecule has 0 aliphatic heterocycles. The lowest BCUT2D eigenvalue weighted by Gasteiger charge is -1.93. The summed E-state index contributed by atoms with van der Waals surface area (Å²) in [5, 5.41) is 7.42. The van der Waals surface area contributed by atoms with Crippen molar-refractivity contribution in [2.24, 2.45) is 0 Å². The Morgan fingerprint density at radius 1 is 1.57 bits per heavy atom. The third-order valence-corrected chi connectivity index (χ3v) is 2.02. The second-order valence-corrected chi connectivity index (χ2v) is 3.18. The molecular weight excluding hydrogens is 178 g/mol. The average Bonchev–Trinajstić information content (AvgIpc) is 2.56. The number of nitrogens with one attached hydrogen (secondary N) is 1. The molecule has 2 heterocycles. The smallest absolute Gasteiger partial charge is 0.155 e. The van der Waals surface area contributed by atoms with Crippen LogP contribution in [0.1, 0.15) is 5.69 Å². The molecule has 14 heavy (non-hydrogen) atoms. The fraction of sp³-hybridized carbons (Fsp3) is 0.333. The van der Waals surface area contributed by atoms with E-state index in [1.165, 1.54) is 0 Å². The van der Waals surface area contributed by atoms with Gasteiger partial charge in [-0.15, -0.1) is 0 Å². The zero-order chi connectivity index (χ0) is 9.97. The van der Waals surface area contributed by atoms with E-state index in [4.69, 9.17) is 5.73 Å². The monoisotopic (exact) mass is 191 g/mol. The maximum Gasteiger partial charge on any atom is 0.155 e. The number of rotatable bonds is 3. The largest absolute Gasteiger partial charge is 0.396 e. The highest BCUT2D eigenvalue weighted by atomic mass is 15.2. The lowest BCUT2D eigenvalue weighted by Crippen LogP contribution is -2.10. The molecule has 74 valence electrons. The number of nitrogens with two attached hydrogens (primary N) is 1. The molecule has 0 atom stereocenters. The number of aromatic nitrogens is 3. The van der Waals surface area contributed by atoms with Gasteiger partial charge in [0.15, 0.2) is 5.65 Å². The third kappa shape index (κ3) is 1.67. The first-order valence-corrected chi connectivity index (χ1v) is 4.54. The van der Waals surface area contributed by atoms with Crippen molar-refractivity contribution in [3.8, 4) is 0 Å². The van der Waals surface area contributed by atoms with Gasteiger partial charge in [0.25, 0.3) is 0 Å². The second-order valence-electron chi connectivity index (χ2n) is 3.18. The minimum atomic E-state index is 0.626. The maximum absolute atomic E-state index is 5.60. The van der Waals surface area contributed by atoms with Crippen LogP contribution in [0.5, 0.6) is 0 Å². The van der Waals surface area contributed by atoms with Crippen molar-refractivity contribution in [1.82, 2.24) is 19.9 Å². The number of hydrogen-bond acceptors (Lipinski definition) is 4. The Labute approximate surface area is 81.9 Å². The van der Waals surface area contributed by atoms with Crippen LogP contribution in [-0.2, 0) is 6.42 Å². The SMILES string of the molecule is CNCCc1cc2ncc(N)cn2n1. The average molecular weight is 191 g/mol. The van der Waals surface area contributed by atoms with E-state index in [9.17, 15) is 0 Å². The molecule has 2 rings (SSSR count). The van der Waals surface area contributed by atoms with E-state index in [1.54, 1.807) is 16.9 Å². The minimum Gasteiger partial charge on any atom is -0.396 e. The molecule has 5 heteroatoms. The van der Waals surface area contributed by atoms with Gasteiger partial charge in [0.05, 0.1) is 23.8 Å². The van der Waals surface area contributed by atoms with Gasteiger partial charge in [-0.05, 0) is 7.05 Å². The first-order valence-electron chi connectivity index (χ1n) is 4.54. The van der Waals surface area contributed by atoms with Gasteiger partial charge in [0.1, 0.15) is 0 Å². The summed E-state index contributed by atoms with van der Waals surface area (Å²) < 4.78 is 1.71. The van der Waals surface area contributed by atoms with Crippen LogP contribution in [0.4, 0.5) is 5.69 Å². The molecule has 0 aliphatic rings. The lowest BCUT2D eigenvalue weighted by atomic mass is 10.3. The Hall–Kier alpha value is -1.62. The molecule has 0 amide bonds. The van der Waals surface area contributed by atoms with Crippen LogP contribution in [0, 0.1) is 0 Å². The molecule has 0 fully saturated rings. The lowest BCUT2D eigenvalue weighted by molar-refractivity contribution is 0.763. The van der Waals surface area contributed by atoms with Crippen molar-refractivity contribution in [3.05, 3.63) is 24.2 Å². The Kier molecular flexibility index (Phi) is 2.32. The molecule has 0 saturated heterocycles. The van der Waals surface area contributed by atoms with E-state index in [0.29, 0.717) is 5.69 Å². The molecule has 0 spiro atoms. The second kappa shape index (κ2) is 3.63. The van der Waals surface area contributed by atoms with Crippen molar-refractivity contribution < 1.29 is 0 Å². The van der Waals surface area contributed by atoms with Crippen LogP contribution >= 0.6 is 0 Å². The normalized spacial score (nSPS) is 10.9. The summed E-state index contributed by atoms with van der Waals surface area (Å²) in [4.78, 5) is 4.16. The molecule has 0 aromatic carbocycles. The summed E-state index contributed by atoms with van der Waals surface area (Å²) in [6.45, 7) is 0.916. The quantitative estimate of drug-likeness (QED) is 0.720. The Balaban J connectivity index is 2.32. The van der Waals surface area contributed by atoms with Gasteiger partial charge >= 0.3 is 0 Å². The van der Waals surface area contributed by atoms with E-state index >= 15 is 0 Å². The molecule has 2 aromatic rings. The molecule has 0 radical (unpaired) electrons. The van der Waals surface area contributed by atoms with Crippen LogP contribution in [0.3, 0.4) is 0 Å². The van der Waals surface area contributed by atoms with Crippen molar-refractivity contribution in [3.63, 3.8) is 0 Å². The first kappa shape index (κ1) is 8.96. The summed E-state index contributed by atoms with van der Waals surface area (Å²) in [6, 6.07) is 1.97. The summed E-state index contributed by atoms with van der Waals surface area (Å²) in [6.07, 6.45) is 4.31. The van der Waals surface area contributed by atoms with Crippen LogP contribution in [0.2, 0.25) is 0 Å². The van der Waals surface area contributed by atoms with E-state index in [-0.39, 0.29) is 0 Å². The van der Waals surface area contributed by atoms with Gasteiger partial charge in [-0.1, -0.05) is 0 Å². The predicted molar refractivity (Wildman–Crippen MR) is 55.0 cm³/mol. The number of fused-ring (bicyclic) bond motifs is 1. The summed E-state index contributed by atoms with van der Waals surface area (Å²) in [7, 11) is 1.92. The fourth-order valence-corrected chi connectivity index (χ4v) is 1.32. The van der Waals surface area contributed by atoms with Gasteiger partial charge in [-0.2, -0.15) is 5.10 Å². The predicted octanol–water partition coefficient (Wildman–Crippen LogP) is 0.0734. The molecule has 0 unspecified atom stereocenters. The van der Waals surface area contributed by atoms with E-state index in [0.717, 1.165) is 24.3 Å². The fourth-order valence-electron chi connectivity index (χ4n) is 1.32. The molecule has 2 aromatic heterocycles. The minimum absolute atomic E-state index is 0.626. The zero-order valence-corrected chi connectivity index (χ0v) is 8.07. The molecule has 0 saturated carbocycles. The van der Waals surface area contributed by atoms with Crippen LogP contribution < -0.4 is 11.1 Å². The Bertz CT molecular complexity index is 434. The first-order chi connectivity index (χ1) is 6.79. The Morgan fingerprint density at radius 2 is 2.43 bits per heavy atom. The third-order valence-electron chi connectivity index (χ3n) is 2.02. The van der Waals surface area contributed by atoms with Crippen molar-refractivity contribution in [2.45, 2.75) is 6.42 Å². The van der Waals surface area contributed by atoms with Crippen molar-refractivity contribution in [1.29, 1.82) is 0 Å². The van der Waals surface area contributed by atoms with Gasteiger partial charge in [-0.25, -0.2) is 9.50 Å². The standard InChI is InChI=1S/C9H13N5/c1-11-3-2-8-4-9-12-5-7(10)6-14(9)13-8/h4-6,11H,2-3,10H2,1H3. The molecule has 0 bridgehead atoms. The highest BCUT2D eigenvalue weighted by molar-refractivity contribution is 5.44. The van der Waals surface area contributed by atoms with Crippen LogP contribution in [-0.4, -0.2) is 28.2 Å². The Morgan fingerprint density at radius 3 is 3.21 bits per heavy atom. The topological polar surface area (TPSA) is 68.2 Å². The van der Waals surface area contributed by atoms with Crippen LogP contribution in [0.25, 0.3) is 5.65 Å². The molecule has 0 aliphatic carbocycles. The highest BCUT2D eigenvalue weighted by Crippen LogP contribution is 2.06. The van der Waals surface area contributed by atoms with Gasteiger partial charge in [0.2, 0.25) is 0 Å². The molecular formula is C9H13N5.